The monoisotopic (exact) mass is 317 g/mol. The van der Waals surface area contributed by atoms with Crippen molar-refractivity contribution in [3.8, 4) is 17.0 Å². The van der Waals surface area contributed by atoms with Crippen LogP contribution in [0.25, 0.3) is 22.3 Å². The number of rotatable bonds is 4. The number of hydrogen-bond acceptors (Lipinski definition) is 4. The summed E-state index contributed by atoms with van der Waals surface area (Å²) >= 11 is 5.95. The average molecular weight is 318 g/mol. The number of phenolic OH excluding ortho intramolecular Hbond substituents is 1. The molecular formula is C16H16ClN3O2. The molecule has 1 aromatic carbocycles. The number of halogens is 1. The van der Waals surface area contributed by atoms with Crippen LogP contribution < -0.4 is 0 Å². The number of hydrogen-bond donors (Lipinski definition) is 1. The molecule has 0 saturated heterocycles. The van der Waals surface area contributed by atoms with E-state index in [0.717, 1.165) is 23.1 Å². The van der Waals surface area contributed by atoms with Crippen molar-refractivity contribution in [3.63, 3.8) is 0 Å². The van der Waals surface area contributed by atoms with E-state index in [0.29, 0.717) is 22.9 Å². The van der Waals surface area contributed by atoms with E-state index >= 15 is 0 Å². The van der Waals surface area contributed by atoms with E-state index in [4.69, 9.17) is 16.3 Å². The van der Waals surface area contributed by atoms with Crippen molar-refractivity contribution in [3.05, 3.63) is 41.0 Å². The second kappa shape index (κ2) is 5.94. The average Bonchev–Trinajstić information content (AvgIpc) is 2.86. The Hall–Kier alpha value is -2.11. The lowest BCUT2D eigenvalue weighted by atomic mass is 10.0. The SMILES string of the molecule is COCCn1ccc2cc(-c3c(C)cc(Cl)cc3O)nnc21. The van der Waals surface area contributed by atoms with Crippen LogP contribution in [0.5, 0.6) is 5.75 Å². The quantitative estimate of drug-likeness (QED) is 0.801. The molecule has 2 heterocycles. The first kappa shape index (κ1) is 14.8. The fourth-order valence-electron chi connectivity index (χ4n) is 2.54. The van der Waals surface area contributed by atoms with Crippen LogP contribution in [0.15, 0.2) is 30.5 Å². The molecule has 0 aliphatic carbocycles. The Kier molecular flexibility index (Phi) is 4.00. The van der Waals surface area contributed by atoms with Gasteiger partial charge in [0.1, 0.15) is 5.75 Å². The lowest BCUT2D eigenvalue weighted by molar-refractivity contribution is 0.188. The van der Waals surface area contributed by atoms with Crippen LogP contribution in [0, 0.1) is 6.92 Å². The van der Waals surface area contributed by atoms with Gasteiger partial charge in [0.05, 0.1) is 12.3 Å². The predicted molar refractivity (Wildman–Crippen MR) is 86.3 cm³/mol. The summed E-state index contributed by atoms with van der Waals surface area (Å²) in [5.41, 5.74) is 2.94. The molecule has 0 atom stereocenters. The Balaban J connectivity index is 2.07. The maximum Gasteiger partial charge on any atom is 0.162 e. The van der Waals surface area contributed by atoms with Gasteiger partial charge in [0.15, 0.2) is 5.65 Å². The number of aromatic hydroxyl groups is 1. The third-order valence-corrected chi connectivity index (χ3v) is 3.80. The van der Waals surface area contributed by atoms with E-state index in [1.165, 1.54) is 6.07 Å². The number of nitrogens with zero attached hydrogens (tertiary/aromatic N) is 3. The van der Waals surface area contributed by atoms with Crippen molar-refractivity contribution in [2.24, 2.45) is 0 Å². The van der Waals surface area contributed by atoms with Gasteiger partial charge in [0.2, 0.25) is 0 Å². The van der Waals surface area contributed by atoms with Crippen LogP contribution in [0.1, 0.15) is 5.56 Å². The van der Waals surface area contributed by atoms with Crippen molar-refractivity contribution in [1.82, 2.24) is 14.8 Å². The summed E-state index contributed by atoms with van der Waals surface area (Å²) in [4.78, 5) is 0. The molecule has 0 unspecified atom stereocenters. The number of phenols is 1. The Morgan fingerprint density at radius 1 is 1.27 bits per heavy atom. The molecule has 2 aromatic heterocycles. The third kappa shape index (κ3) is 2.65. The van der Waals surface area contributed by atoms with Gasteiger partial charge in [-0.3, -0.25) is 0 Å². The Morgan fingerprint density at radius 2 is 2.09 bits per heavy atom. The highest BCUT2D eigenvalue weighted by atomic mass is 35.5. The molecule has 0 amide bonds. The first-order chi connectivity index (χ1) is 10.6. The van der Waals surface area contributed by atoms with E-state index in [2.05, 4.69) is 10.2 Å². The molecule has 1 N–H and O–H groups in total. The normalized spacial score (nSPS) is 11.2. The van der Waals surface area contributed by atoms with E-state index in [-0.39, 0.29) is 5.75 Å². The van der Waals surface area contributed by atoms with Crippen LogP contribution in [0.4, 0.5) is 0 Å². The van der Waals surface area contributed by atoms with Gasteiger partial charge >= 0.3 is 0 Å². The van der Waals surface area contributed by atoms with Gasteiger partial charge in [-0.2, -0.15) is 0 Å². The first-order valence-electron chi connectivity index (χ1n) is 6.91. The molecule has 0 spiro atoms. The molecule has 5 nitrogen and oxygen atoms in total. The van der Waals surface area contributed by atoms with Crippen molar-refractivity contribution >= 4 is 22.6 Å². The minimum absolute atomic E-state index is 0.109. The van der Waals surface area contributed by atoms with E-state index in [1.807, 2.05) is 29.8 Å². The molecule has 22 heavy (non-hydrogen) atoms. The van der Waals surface area contributed by atoms with E-state index in [1.54, 1.807) is 13.2 Å². The summed E-state index contributed by atoms with van der Waals surface area (Å²) in [5.74, 6) is 0.109. The Labute approximate surface area is 133 Å². The van der Waals surface area contributed by atoms with E-state index < -0.39 is 0 Å². The van der Waals surface area contributed by atoms with Gasteiger partial charge in [-0.1, -0.05) is 11.6 Å². The predicted octanol–water partition coefficient (Wildman–Crippen LogP) is 3.41. The van der Waals surface area contributed by atoms with Crippen molar-refractivity contribution in [2.75, 3.05) is 13.7 Å². The Morgan fingerprint density at radius 3 is 2.82 bits per heavy atom. The number of aromatic nitrogens is 3. The maximum atomic E-state index is 10.1. The van der Waals surface area contributed by atoms with Crippen LogP contribution in [0.3, 0.4) is 0 Å². The number of benzene rings is 1. The fraction of sp³-hybridized carbons (Fsp3) is 0.250. The van der Waals surface area contributed by atoms with Crippen LogP contribution in [0.2, 0.25) is 5.02 Å². The molecule has 114 valence electrons. The second-order valence-corrected chi connectivity index (χ2v) is 5.56. The number of ether oxygens (including phenoxy) is 1. The van der Waals surface area contributed by atoms with Gasteiger partial charge in [-0.25, -0.2) is 0 Å². The molecule has 0 bridgehead atoms. The van der Waals surface area contributed by atoms with Gasteiger partial charge in [-0.05, 0) is 36.8 Å². The lowest BCUT2D eigenvalue weighted by Crippen LogP contribution is -2.04. The zero-order valence-corrected chi connectivity index (χ0v) is 13.1. The number of aryl methyl sites for hydroxylation is 1. The lowest BCUT2D eigenvalue weighted by Gasteiger charge is -2.09. The minimum Gasteiger partial charge on any atom is -0.507 e. The Bertz CT molecular complexity index is 806. The fourth-order valence-corrected chi connectivity index (χ4v) is 2.80. The molecule has 0 radical (unpaired) electrons. The molecule has 0 saturated carbocycles. The topological polar surface area (TPSA) is 60.2 Å². The van der Waals surface area contributed by atoms with Crippen LogP contribution in [-0.2, 0) is 11.3 Å². The molecule has 3 rings (SSSR count). The number of fused-ring (bicyclic) bond motifs is 1. The highest BCUT2D eigenvalue weighted by Crippen LogP contribution is 2.34. The molecule has 3 aromatic rings. The summed E-state index contributed by atoms with van der Waals surface area (Å²) in [6.07, 6.45) is 1.96. The second-order valence-electron chi connectivity index (χ2n) is 5.13. The number of methoxy groups -OCH3 is 1. The summed E-state index contributed by atoms with van der Waals surface area (Å²) in [6, 6.07) is 7.21. The van der Waals surface area contributed by atoms with Crippen molar-refractivity contribution in [1.29, 1.82) is 0 Å². The van der Waals surface area contributed by atoms with Crippen molar-refractivity contribution in [2.45, 2.75) is 13.5 Å². The molecule has 6 heteroatoms. The van der Waals surface area contributed by atoms with Gasteiger partial charge in [0.25, 0.3) is 0 Å². The van der Waals surface area contributed by atoms with Crippen LogP contribution in [-0.4, -0.2) is 33.6 Å². The zero-order valence-electron chi connectivity index (χ0n) is 12.4. The van der Waals surface area contributed by atoms with Gasteiger partial charge in [-0.15, -0.1) is 10.2 Å². The van der Waals surface area contributed by atoms with E-state index in [9.17, 15) is 5.11 Å². The first-order valence-corrected chi connectivity index (χ1v) is 7.29. The van der Waals surface area contributed by atoms with Gasteiger partial charge < -0.3 is 14.4 Å². The van der Waals surface area contributed by atoms with Gasteiger partial charge in [0, 0.05) is 35.8 Å². The standard InChI is InChI=1S/C16H16ClN3O2/c1-10-7-12(17)9-14(21)15(10)13-8-11-3-4-20(5-6-22-2)16(11)19-18-13/h3-4,7-9,21H,5-6H2,1-2H3. The molecule has 0 aliphatic heterocycles. The molecule has 0 fully saturated rings. The summed E-state index contributed by atoms with van der Waals surface area (Å²) in [5, 5.41) is 20.2. The minimum atomic E-state index is 0.109. The van der Waals surface area contributed by atoms with Crippen LogP contribution >= 0.6 is 11.6 Å². The summed E-state index contributed by atoms with van der Waals surface area (Å²) in [6.45, 7) is 3.22. The highest BCUT2D eigenvalue weighted by Gasteiger charge is 2.13. The smallest absolute Gasteiger partial charge is 0.162 e. The zero-order chi connectivity index (χ0) is 15.7. The summed E-state index contributed by atoms with van der Waals surface area (Å²) in [7, 11) is 1.67. The van der Waals surface area contributed by atoms with Crippen molar-refractivity contribution < 1.29 is 9.84 Å². The molecular weight excluding hydrogens is 302 g/mol. The highest BCUT2D eigenvalue weighted by molar-refractivity contribution is 6.31. The largest absolute Gasteiger partial charge is 0.507 e. The summed E-state index contributed by atoms with van der Waals surface area (Å²) < 4.78 is 7.08. The maximum absolute atomic E-state index is 10.1. The molecule has 0 aliphatic rings. The third-order valence-electron chi connectivity index (χ3n) is 3.58.